The number of anilines is 1. The van der Waals surface area contributed by atoms with Crippen molar-refractivity contribution in [3.8, 4) is 0 Å². The van der Waals surface area contributed by atoms with Crippen LogP contribution in [-0.4, -0.2) is 51.0 Å². The van der Waals surface area contributed by atoms with Crippen molar-refractivity contribution in [3.63, 3.8) is 0 Å². The lowest BCUT2D eigenvalue weighted by Gasteiger charge is -2.32. The van der Waals surface area contributed by atoms with Gasteiger partial charge in [0.05, 0.1) is 11.9 Å². The summed E-state index contributed by atoms with van der Waals surface area (Å²) in [7, 11) is -2.02. The van der Waals surface area contributed by atoms with Gasteiger partial charge >= 0.3 is 0 Å². The number of nitrogens with zero attached hydrogens (tertiary/aromatic N) is 2. The minimum atomic E-state index is -3.55. The number of amides is 2. The van der Waals surface area contributed by atoms with Crippen molar-refractivity contribution in [2.45, 2.75) is 31.8 Å². The van der Waals surface area contributed by atoms with Crippen LogP contribution >= 0.6 is 23.2 Å². The Kier molecular flexibility index (Phi) is 10.6. The number of rotatable bonds is 12. The molecule has 0 aliphatic carbocycles. The van der Waals surface area contributed by atoms with Gasteiger partial charge in [0.15, 0.2) is 0 Å². The highest BCUT2D eigenvalue weighted by Gasteiger charge is 2.30. The van der Waals surface area contributed by atoms with Gasteiger partial charge < -0.3 is 10.2 Å². The molecule has 2 amide bonds. The van der Waals surface area contributed by atoms with Gasteiger partial charge in [-0.05, 0) is 41.8 Å². The fourth-order valence-electron chi connectivity index (χ4n) is 4.15. The highest BCUT2D eigenvalue weighted by atomic mass is 35.5. The second-order valence-corrected chi connectivity index (χ2v) is 11.6. The maximum absolute atomic E-state index is 13.7. The van der Waals surface area contributed by atoms with Crippen molar-refractivity contribution in [2.24, 2.45) is 0 Å². The number of carbonyl (C=O) groups excluding carboxylic acids is 2. The number of para-hydroxylation sites is 1. The summed E-state index contributed by atoms with van der Waals surface area (Å²) < 4.78 is 26.2. The molecule has 202 valence electrons. The van der Waals surface area contributed by atoms with Crippen LogP contribution in [-0.2, 0) is 32.6 Å². The zero-order valence-corrected chi connectivity index (χ0v) is 23.6. The maximum Gasteiger partial charge on any atom is 0.242 e. The third kappa shape index (κ3) is 8.21. The van der Waals surface area contributed by atoms with E-state index in [0.717, 1.165) is 11.8 Å². The Morgan fingerprint density at radius 3 is 2.16 bits per heavy atom. The molecule has 0 aliphatic rings. The van der Waals surface area contributed by atoms with Crippen LogP contribution in [0.25, 0.3) is 0 Å². The summed E-state index contributed by atoms with van der Waals surface area (Å²) in [5.74, 6) is -0.601. The van der Waals surface area contributed by atoms with E-state index in [0.29, 0.717) is 27.7 Å². The summed E-state index contributed by atoms with van der Waals surface area (Å²) >= 11 is 12.5. The molecule has 0 spiro atoms. The monoisotopic (exact) mass is 575 g/mol. The first-order valence-corrected chi connectivity index (χ1v) is 14.7. The topological polar surface area (TPSA) is 86.8 Å². The molecule has 0 aliphatic heterocycles. The van der Waals surface area contributed by atoms with E-state index >= 15 is 0 Å². The molecular formula is C28H31Cl2N3O4S. The summed E-state index contributed by atoms with van der Waals surface area (Å²) in [5, 5.41) is 3.52. The van der Waals surface area contributed by atoms with Crippen molar-refractivity contribution in [3.05, 3.63) is 100 Å². The average molecular weight is 577 g/mol. The van der Waals surface area contributed by atoms with E-state index in [4.69, 9.17) is 23.2 Å². The number of benzene rings is 3. The van der Waals surface area contributed by atoms with Crippen LogP contribution in [0.1, 0.15) is 24.0 Å². The average Bonchev–Trinajstić information content (AvgIpc) is 2.89. The molecule has 10 heteroatoms. The van der Waals surface area contributed by atoms with Gasteiger partial charge in [-0.15, -0.1) is 0 Å². The summed E-state index contributed by atoms with van der Waals surface area (Å²) in [6.07, 6.45) is 1.73. The number of halogens is 2. The lowest BCUT2D eigenvalue weighted by atomic mass is 10.0. The summed E-state index contributed by atoms with van der Waals surface area (Å²) in [6, 6.07) is 22.4. The fraction of sp³-hybridized carbons (Fsp3) is 0.286. The molecule has 3 rings (SSSR count). The Morgan fingerprint density at radius 2 is 1.58 bits per heavy atom. The zero-order valence-electron chi connectivity index (χ0n) is 21.3. The van der Waals surface area contributed by atoms with Gasteiger partial charge in [-0.3, -0.25) is 13.9 Å². The van der Waals surface area contributed by atoms with Crippen molar-refractivity contribution in [2.75, 3.05) is 24.2 Å². The van der Waals surface area contributed by atoms with E-state index in [2.05, 4.69) is 5.32 Å². The number of hydrogen-bond acceptors (Lipinski definition) is 4. The zero-order chi connectivity index (χ0) is 27.7. The van der Waals surface area contributed by atoms with Gasteiger partial charge in [-0.1, -0.05) is 77.8 Å². The molecule has 1 N–H and O–H groups in total. The Bertz CT molecular complexity index is 1340. The largest absolute Gasteiger partial charge is 0.357 e. The molecular weight excluding hydrogens is 545 g/mol. The lowest BCUT2D eigenvalue weighted by Crippen LogP contribution is -2.49. The SMILES string of the molecule is CNC(=O)C(Cc1ccccc1)N(Cc1ccc(Cl)cc1Cl)C(=O)CCCN(c1ccccc1)S(C)(=O)=O. The second-order valence-electron chi connectivity index (χ2n) is 8.85. The Hall–Kier alpha value is -3.07. The van der Waals surface area contributed by atoms with Gasteiger partial charge in [0.25, 0.3) is 0 Å². The molecule has 0 heterocycles. The van der Waals surface area contributed by atoms with E-state index in [-0.39, 0.29) is 37.7 Å². The molecule has 1 atom stereocenters. The Balaban J connectivity index is 1.86. The third-order valence-corrected chi connectivity index (χ3v) is 7.85. The minimum absolute atomic E-state index is 0.0341. The second kappa shape index (κ2) is 13.6. The van der Waals surface area contributed by atoms with E-state index in [1.807, 2.05) is 30.3 Å². The first kappa shape index (κ1) is 29.5. The van der Waals surface area contributed by atoms with E-state index in [1.165, 1.54) is 16.3 Å². The number of hydrogen-bond donors (Lipinski definition) is 1. The highest BCUT2D eigenvalue weighted by Crippen LogP contribution is 2.25. The van der Waals surface area contributed by atoms with Crippen LogP contribution in [0.5, 0.6) is 0 Å². The van der Waals surface area contributed by atoms with Crippen LogP contribution in [0.2, 0.25) is 10.0 Å². The molecule has 0 fully saturated rings. The van der Waals surface area contributed by atoms with Crippen molar-refractivity contribution in [1.29, 1.82) is 0 Å². The molecule has 0 aromatic heterocycles. The number of sulfonamides is 1. The fourth-order valence-corrected chi connectivity index (χ4v) is 5.59. The first-order valence-electron chi connectivity index (χ1n) is 12.1. The standard InChI is InChI=1S/C28H31Cl2N3O4S/c1-31-28(35)26(18-21-10-5-3-6-11-21)32(20-22-15-16-23(29)19-25(22)30)27(34)14-9-17-33(38(2,36)37)24-12-7-4-8-13-24/h3-8,10-13,15-16,19,26H,9,14,17-18,20H2,1-2H3,(H,31,35). The summed E-state index contributed by atoms with van der Waals surface area (Å²) in [4.78, 5) is 28.2. The van der Waals surface area contributed by atoms with E-state index < -0.39 is 16.1 Å². The summed E-state index contributed by atoms with van der Waals surface area (Å²) in [6.45, 7) is 0.210. The van der Waals surface area contributed by atoms with E-state index in [1.54, 1.807) is 48.5 Å². The maximum atomic E-state index is 13.7. The molecule has 0 saturated carbocycles. The Labute approximate surface area is 234 Å². The van der Waals surface area contributed by atoms with Crippen LogP contribution < -0.4 is 9.62 Å². The molecule has 1 unspecified atom stereocenters. The molecule has 0 radical (unpaired) electrons. The van der Waals surface area contributed by atoms with Crippen LogP contribution in [0.4, 0.5) is 5.69 Å². The third-order valence-electron chi connectivity index (χ3n) is 6.07. The number of carbonyl (C=O) groups is 2. The normalized spacial score (nSPS) is 12.0. The van der Waals surface area contributed by atoms with Gasteiger partial charge in [-0.2, -0.15) is 0 Å². The van der Waals surface area contributed by atoms with Gasteiger partial charge in [-0.25, -0.2) is 8.42 Å². The molecule has 0 bridgehead atoms. The van der Waals surface area contributed by atoms with E-state index in [9.17, 15) is 18.0 Å². The highest BCUT2D eigenvalue weighted by molar-refractivity contribution is 7.92. The Morgan fingerprint density at radius 1 is 0.947 bits per heavy atom. The van der Waals surface area contributed by atoms with Crippen molar-refractivity contribution >= 4 is 50.7 Å². The molecule has 7 nitrogen and oxygen atoms in total. The minimum Gasteiger partial charge on any atom is -0.357 e. The predicted octanol–water partition coefficient (Wildman–Crippen LogP) is 4.93. The number of likely N-dealkylation sites (N-methyl/N-ethyl adjacent to an activating group) is 1. The van der Waals surface area contributed by atoms with Gasteiger partial charge in [0, 0.05) is 43.0 Å². The number of nitrogens with one attached hydrogen (secondary N) is 1. The predicted molar refractivity (Wildman–Crippen MR) is 153 cm³/mol. The molecule has 38 heavy (non-hydrogen) atoms. The van der Waals surface area contributed by atoms with Crippen molar-refractivity contribution in [1.82, 2.24) is 10.2 Å². The van der Waals surface area contributed by atoms with Gasteiger partial charge in [0.2, 0.25) is 21.8 Å². The molecule has 3 aromatic carbocycles. The van der Waals surface area contributed by atoms with Crippen molar-refractivity contribution < 1.29 is 18.0 Å². The molecule has 3 aromatic rings. The lowest BCUT2D eigenvalue weighted by molar-refractivity contribution is -0.141. The quantitative estimate of drug-likeness (QED) is 0.332. The molecule has 0 saturated heterocycles. The summed E-state index contributed by atoms with van der Waals surface area (Å²) in [5.41, 5.74) is 2.07. The first-order chi connectivity index (χ1) is 18.1. The van der Waals surface area contributed by atoms with Crippen LogP contribution in [0.15, 0.2) is 78.9 Å². The smallest absolute Gasteiger partial charge is 0.242 e. The van der Waals surface area contributed by atoms with Crippen LogP contribution in [0, 0.1) is 0 Å². The van der Waals surface area contributed by atoms with Crippen LogP contribution in [0.3, 0.4) is 0 Å². The van der Waals surface area contributed by atoms with Gasteiger partial charge in [0.1, 0.15) is 6.04 Å².